The first-order valence-corrected chi connectivity index (χ1v) is 9.23. The van der Waals surface area contributed by atoms with Crippen molar-refractivity contribution < 1.29 is 31.9 Å². The number of benzene rings is 2. The van der Waals surface area contributed by atoms with Gasteiger partial charge in [0.2, 0.25) is 0 Å². The van der Waals surface area contributed by atoms with E-state index in [1.165, 1.54) is 4.90 Å². The summed E-state index contributed by atoms with van der Waals surface area (Å²) < 4.78 is 5.87. The predicted molar refractivity (Wildman–Crippen MR) is 102 cm³/mol. The van der Waals surface area contributed by atoms with Crippen molar-refractivity contribution in [3.05, 3.63) is 78.1 Å². The molecule has 1 aliphatic heterocycles. The Labute approximate surface area is 166 Å². The molecule has 0 spiro atoms. The van der Waals surface area contributed by atoms with Crippen LogP contribution in [0.1, 0.15) is 24.0 Å². The first-order chi connectivity index (χ1) is 12.7. The number of piperidine rings is 1. The number of carboxylic acids is 1. The highest BCUT2D eigenvalue weighted by Gasteiger charge is 2.27. The second-order valence-corrected chi connectivity index (χ2v) is 6.77. The lowest BCUT2D eigenvalue weighted by Crippen LogP contribution is -3.14. The number of nitrogens with one attached hydrogen (secondary N) is 1. The molecule has 5 heteroatoms. The Morgan fingerprint density at radius 1 is 1.07 bits per heavy atom. The van der Waals surface area contributed by atoms with Crippen LogP contribution in [-0.4, -0.2) is 37.3 Å². The lowest BCUT2D eigenvalue weighted by molar-refractivity contribution is -0.907. The molecule has 1 fully saturated rings. The number of rotatable bonds is 7. The van der Waals surface area contributed by atoms with Crippen molar-refractivity contribution in [2.75, 3.05) is 26.2 Å². The average Bonchev–Trinajstić information content (AvgIpc) is 2.69. The molecular weight excluding hydrogens is 362 g/mol. The third kappa shape index (κ3) is 6.12. The maximum atomic E-state index is 11.2. The minimum Gasteiger partial charge on any atom is -1.00 e. The molecule has 0 amide bonds. The molecule has 0 saturated carbocycles. The van der Waals surface area contributed by atoms with Gasteiger partial charge in [0.05, 0.1) is 19.4 Å². The second kappa shape index (κ2) is 10.8. The highest BCUT2D eigenvalue weighted by Crippen LogP contribution is 2.23. The van der Waals surface area contributed by atoms with Gasteiger partial charge >= 0.3 is 5.97 Å². The molecule has 4 nitrogen and oxygen atoms in total. The molecule has 0 aromatic heterocycles. The van der Waals surface area contributed by atoms with E-state index in [4.69, 9.17) is 4.74 Å². The van der Waals surface area contributed by atoms with Gasteiger partial charge in [-0.15, -0.1) is 0 Å². The summed E-state index contributed by atoms with van der Waals surface area (Å²) in [5.41, 5.74) is 3.30. The van der Waals surface area contributed by atoms with Crippen LogP contribution in [0.15, 0.2) is 66.9 Å². The summed E-state index contributed by atoms with van der Waals surface area (Å²) >= 11 is 0. The van der Waals surface area contributed by atoms with E-state index in [-0.39, 0.29) is 18.3 Å². The number of ether oxygens (including phenoxy) is 1. The molecule has 144 valence electrons. The normalized spacial score (nSPS) is 18.8. The molecule has 1 saturated heterocycles. The van der Waals surface area contributed by atoms with Crippen LogP contribution in [0, 0.1) is 5.92 Å². The third-order valence-electron chi connectivity index (χ3n) is 4.91. The molecule has 3 rings (SSSR count). The molecule has 2 atom stereocenters. The smallest absolute Gasteiger partial charge is 0.312 e. The van der Waals surface area contributed by atoms with Crippen molar-refractivity contribution in [3.8, 4) is 0 Å². The van der Waals surface area contributed by atoms with E-state index in [9.17, 15) is 9.90 Å². The van der Waals surface area contributed by atoms with Gasteiger partial charge in [0.1, 0.15) is 19.1 Å². The number of halogens is 1. The van der Waals surface area contributed by atoms with Crippen molar-refractivity contribution in [1.82, 2.24) is 0 Å². The van der Waals surface area contributed by atoms with Crippen LogP contribution in [0.4, 0.5) is 0 Å². The van der Waals surface area contributed by atoms with E-state index in [0.717, 1.165) is 42.6 Å². The molecule has 2 aromatic rings. The van der Waals surface area contributed by atoms with Crippen molar-refractivity contribution in [2.45, 2.75) is 12.8 Å². The van der Waals surface area contributed by atoms with Gasteiger partial charge in [-0.1, -0.05) is 60.7 Å². The monoisotopic (exact) mass is 387 g/mol. The summed E-state index contributed by atoms with van der Waals surface area (Å²) in [5, 5.41) is 9.20. The van der Waals surface area contributed by atoms with Crippen LogP contribution < -0.4 is 17.3 Å². The zero-order chi connectivity index (χ0) is 18.2. The van der Waals surface area contributed by atoms with E-state index < -0.39 is 5.97 Å². The first-order valence-electron chi connectivity index (χ1n) is 9.23. The topological polar surface area (TPSA) is 51.0 Å². The summed E-state index contributed by atoms with van der Waals surface area (Å²) in [6.45, 7) is 3.15. The fourth-order valence-corrected chi connectivity index (χ4v) is 3.47. The summed E-state index contributed by atoms with van der Waals surface area (Å²) in [7, 11) is 0. The van der Waals surface area contributed by atoms with Crippen LogP contribution in [0.25, 0.3) is 5.57 Å². The van der Waals surface area contributed by atoms with Gasteiger partial charge in [0.15, 0.2) is 0 Å². The van der Waals surface area contributed by atoms with Gasteiger partial charge in [0, 0.05) is 5.57 Å². The van der Waals surface area contributed by atoms with Gasteiger partial charge in [0.25, 0.3) is 0 Å². The highest BCUT2D eigenvalue weighted by atomic mass is 35.5. The average molecular weight is 388 g/mol. The Kier molecular flexibility index (Phi) is 8.37. The van der Waals surface area contributed by atoms with Crippen LogP contribution >= 0.6 is 0 Å². The van der Waals surface area contributed by atoms with E-state index in [1.54, 1.807) is 0 Å². The molecule has 0 aliphatic carbocycles. The molecule has 27 heavy (non-hydrogen) atoms. The number of likely N-dealkylation sites (tertiary alicyclic amines) is 1. The Balaban J connectivity index is 0.00000261. The van der Waals surface area contributed by atoms with Crippen LogP contribution in [-0.2, 0) is 9.53 Å². The summed E-state index contributed by atoms with van der Waals surface area (Å²) in [4.78, 5) is 12.5. The van der Waals surface area contributed by atoms with Crippen LogP contribution in [0.3, 0.4) is 0 Å². The molecule has 1 unspecified atom stereocenters. The maximum absolute atomic E-state index is 11.2. The Hall–Kier alpha value is -2.30. The predicted octanol–water partition coefficient (Wildman–Crippen LogP) is -0.524. The zero-order valence-corrected chi connectivity index (χ0v) is 16.1. The number of carbonyl (C=O) groups is 1. The van der Waals surface area contributed by atoms with E-state index in [2.05, 4.69) is 24.3 Å². The summed E-state index contributed by atoms with van der Waals surface area (Å²) in [6, 6.07) is 20.4. The zero-order valence-electron chi connectivity index (χ0n) is 15.3. The van der Waals surface area contributed by atoms with E-state index in [1.807, 2.05) is 42.7 Å². The summed E-state index contributed by atoms with van der Waals surface area (Å²) in [5.74, 6) is -0.878. The fraction of sp³-hybridized carbons (Fsp3) is 0.318. The molecule has 2 aromatic carbocycles. The van der Waals surface area contributed by atoms with Crippen LogP contribution in [0.5, 0.6) is 0 Å². The standard InChI is InChI=1S/C22H25NO3.ClH/c24-22(25)20-12-7-13-23(16-20)14-15-26-17-21(18-8-3-1-4-9-18)19-10-5-2-6-11-19;/h1-6,8-11,17,20H,7,12-16H2,(H,24,25);1H/t20-;/m1./s1. The molecule has 0 radical (unpaired) electrons. The highest BCUT2D eigenvalue weighted by molar-refractivity contribution is 5.78. The van der Waals surface area contributed by atoms with E-state index in [0.29, 0.717) is 13.2 Å². The Morgan fingerprint density at radius 2 is 1.67 bits per heavy atom. The first kappa shape index (κ1) is 21.0. The number of hydrogen-bond donors (Lipinski definition) is 2. The van der Waals surface area contributed by atoms with Gasteiger partial charge in [-0.05, 0) is 24.0 Å². The molecular formula is C22H26ClNO3. The quantitative estimate of drug-likeness (QED) is 0.496. The second-order valence-electron chi connectivity index (χ2n) is 6.77. The minimum absolute atomic E-state index is 0. The number of hydrogen-bond acceptors (Lipinski definition) is 2. The molecule has 0 bridgehead atoms. The lowest BCUT2D eigenvalue weighted by Gasteiger charge is -2.27. The Morgan fingerprint density at radius 3 is 2.22 bits per heavy atom. The van der Waals surface area contributed by atoms with Gasteiger partial charge in [-0.2, -0.15) is 0 Å². The molecule has 1 heterocycles. The number of aliphatic carboxylic acids is 1. The van der Waals surface area contributed by atoms with Gasteiger partial charge in [-0.25, -0.2) is 0 Å². The number of carboxylic acid groups (broad SMARTS) is 1. The third-order valence-corrected chi connectivity index (χ3v) is 4.91. The molecule has 2 N–H and O–H groups in total. The van der Waals surface area contributed by atoms with Crippen molar-refractivity contribution in [2.24, 2.45) is 5.92 Å². The maximum Gasteiger partial charge on any atom is 0.312 e. The lowest BCUT2D eigenvalue weighted by atomic mass is 9.98. The van der Waals surface area contributed by atoms with Gasteiger partial charge < -0.3 is 27.2 Å². The molecule has 1 aliphatic rings. The number of quaternary nitrogens is 1. The largest absolute Gasteiger partial charge is 1.00 e. The minimum atomic E-state index is -0.668. The van der Waals surface area contributed by atoms with Crippen molar-refractivity contribution in [1.29, 1.82) is 0 Å². The van der Waals surface area contributed by atoms with Crippen molar-refractivity contribution >= 4 is 11.5 Å². The summed E-state index contributed by atoms with van der Waals surface area (Å²) in [6.07, 6.45) is 3.61. The SMILES string of the molecule is O=C(O)[C@@H]1CCC[NH+](CCOC=C(c2ccccc2)c2ccccc2)C1.[Cl-]. The van der Waals surface area contributed by atoms with Gasteiger partial charge in [-0.3, -0.25) is 4.79 Å². The fourth-order valence-electron chi connectivity index (χ4n) is 3.47. The van der Waals surface area contributed by atoms with Crippen LogP contribution in [0.2, 0.25) is 0 Å². The van der Waals surface area contributed by atoms with Crippen molar-refractivity contribution in [3.63, 3.8) is 0 Å². The van der Waals surface area contributed by atoms with E-state index >= 15 is 0 Å². The Bertz CT molecular complexity index is 692.